The lowest BCUT2D eigenvalue weighted by molar-refractivity contribution is -0.136. The molecule has 4 nitrogen and oxygen atoms in total. The fraction of sp³-hybridized carbons (Fsp3) is 0.846. The predicted molar refractivity (Wildman–Crippen MR) is 65.8 cm³/mol. The highest BCUT2D eigenvalue weighted by Crippen LogP contribution is 2.21. The summed E-state index contributed by atoms with van der Waals surface area (Å²) < 4.78 is 4.95. The number of ether oxygens (including phenoxy) is 1. The van der Waals surface area contributed by atoms with Gasteiger partial charge in [0.05, 0.1) is 0 Å². The van der Waals surface area contributed by atoms with Crippen LogP contribution in [0.15, 0.2) is 0 Å². The number of piperidine rings is 1. The second-order valence-electron chi connectivity index (χ2n) is 4.74. The molecule has 1 rings (SSSR count). The maximum Gasteiger partial charge on any atom is 0.222 e. The van der Waals surface area contributed by atoms with E-state index in [-0.39, 0.29) is 17.7 Å². The average molecular weight is 241 g/mol. The molecule has 1 aliphatic heterocycles. The molecule has 0 aromatic rings. The zero-order valence-corrected chi connectivity index (χ0v) is 10.9. The number of Topliss-reactive ketones (excluding diaryl/α,β-unsaturated/α-hetero) is 1. The number of rotatable bonds is 6. The largest absolute Gasteiger partial charge is 0.385 e. The third-order valence-corrected chi connectivity index (χ3v) is 3.21. The second kappa shape index (κ2) is 7.43. The van der Waals surface area contributed by atoms with Gasteiger partial charge in [-0.05, 0) is 32.6 Å². The fourth-order valence-corrected chi connectivity index (χ4v) is 2.38. The predicted octanol–water partition coefficient (Wildman–Crippen LogP) is 1.77. The van der Waals surface area contributed by atoms with E-state index < -0.39 is 0 Å². The molecular weight excluding hydrogens is 218 g/mol. The summed E-state index contributed by atoms with van der Waals surface area (Å²) in [4.78, 5) is 25.1. The molecule has 0 saturated carbocycles. The van der Waals surface area contributed by atoms with E-state index in [1.807, 2.05) is 4.90 Å². The van der Waals surface area contributed by atoms with E-state index in [2.05, 4.69) is 0 Å². The lowest BCUT2D eigenvalue weighted by atomic mass is 9.97. The van der Waals surface area contributed by atoms with Crippen LogP contribution in [0.2, 0.25) is 0 Å². The molecule has 1 saturated heterocycles. The molecule has 0 spiro atoms. The summed E-state index contributed by atoms with van der Waals surface area (Å²) in [5.74, 6) is 0.347. The van der Waals surface area contributed by atoms with Gasteiger partial charge in [-0.1, -0.05) is 0 Å². The van der Waals surface area contributed by atoms with Gasteiger partial charge in [0, 0.05) is 39.1 Å². The van der Waals surface area contributed by atoms with Gasteiger partial charge in [-0.2, -0.15) is 0 Å². The molecule has 1 atom stereocenters. The van der Waals surface area contributed by atoms with Crippen molar-refractivity contribution in [3.8, 4) is 0 Å². The molecule has 1 fully saturated rings. The molecule has 1 amide bonds. The number of amides is 1. The van der Waals surface area contributed by atoms with Crippen LogP contribution in [0.3, 0.4) is 0 Å². The molecule has 0 bridgehead atoms. The summed E-state index contributed by atoms with van der Waals surface area (Å²) >= 11 is 0. The number of hydrogen-bond donors (Lipinski definition) is 0. The van der Waals surface area contributed by atoms with Crippen molar-refractivity contribution in [3.63, 3.8) is 0 Å². The highest BCUT2D eigenvalue weighted by atomic mass is 16.5. The van der Waals surface area contributed by atoms with E-state index in [0.717, 1.165) is 32.2 Å². The third-order valence-electron chi connectivity index (χ3n) is 3.21. The van der Waals surface area contributed by atoms with Gasteiger partial charge in [-0.25, -0.2) is 0 Å². The summed E-state index contributed by atoms with van der Waals surface area (Å²) in [6.45, 7) is 3.03. The van der Waals surface area contributed by atoms with Gasteiger partial charge in [-0.3, -0.25) is 9.59 Å². The molecule has 0 aromatic carbocycles. The maximum absolute atomic E-state index is 12.0. The van der Waals surface area contributed by atoms with Crippen LogP contribution < -0.4 is 0 Å². The number of likely N-dealkylation sites (tertiary alicyclic amines) is 1. The van der Waals surface area contributed by atoms with E-state index in [9.17, 15) is 9.59 Å². The zero-order chi connectivity index (χ0) is 12.7. The maximum atomic E-state index is 12.0. The van der Waals surface area contributed by atoms with Crippen molar-refractivity contribution < 1.29 is 14.3 Å². The van der Waals surface area contributed by atoms with Crippen molar-refractivity contribution in [1.29, 1.82) is 0 Å². The lowest BCUT2D eigenvalue weighted by Crippen LogP contribution is -2.44. The number of ketones is 1. The Balaban J connectivity index is 2.45. The van der Waals surface area contributed by atoms with E-state index in [0.29, 0.717) is 19.4 Å². The smallest absolute Gasteiger partial charge is 0.222 e. The highest BCUT2D eigenvalue weighted by molar-refractivity contribution is 5.79. The Morgan fingerprint density at radius 3 is 2.76 bits per heavy atom. The SMILES string of the molecule is COCCCC(=O)N1CCCCC1CC(C)=O. The first-order chi connectivity index (χ1) is 8.15. The lowest BCUT2D eigenvalue weighted by Gasteiger charge is -2.35. The molecule has 0 aliphatic carbocycles. The van der Waals surface area contributed by atoms with E-state index in [1.54, 1.807) is 14.0 Å². The standard InChI is InChI=1S/C13H23NO3/c1-11(15)10-12-6-3-4-8-14(12)13(16)7-5-9-17-2/h12H,3-10H2,1-2H3. The Labute approximate surface area is 103 Å². The van der Waals surface area contributed by atoms with Gasteiger partial charge in [0.25, 0.3) is 0 Å². The number of hydrogen-bond acceptors (Lipinski definition) is 3. The third kappa shape index (κ3) is 4.86. The Hall–Kier alpha value is -0.900. The van der Waals surface area contributed by atoms with E-state index in [4.69, 9.17) is 4.74 Å². The topological polar surface area (TPSA) is 46.6 Å². The molecule has 0 radical (unpaired) electrons. The number of nitrogens with zero attached hydrogens (tertiary/aromatic N) is 1. The summed E-state index contributed by atoms with van der Waals surface area (Å²) in [6, 6.07) is 0.135. The van der Waals surface area contributed by atoms with Crippen LogP contribution in [0, 0.1) is 0 Å². The van der Waals surface area contributed by atoms with Crippen molar-refractivity contribution in [1.82, 2.24) is 4.90 Å². The normalized spacial score (nSPS) is 20.4. The van der Waals surface area contributed by atoms with Crippen molar-refractivity contribution in [2.24, 2.45) is 0 Å². The monoisotopic (exact) mass is 241 g/mol. The van der Waals surface area contributed by atoms with Gasteiger partial charge in [0.1, 0.15) is 5.78 Å². The minimum atomic E-state index is 0.135. The summed E-state index contributed by atoms with van der Waals surface area (Å²) in [5, 5.41) is 0. The van der Waals surface area contributed by atoms with Crippen LogP contribution >= 0.6 is 0 Å². The van der Waals surface area contributed by atoms with Gasteiger partial charge >= 0.3 is 0 Å². The fourth-order valence-electron chi connectivity index (χ4n) is 2.38. The Morgan fingerprint density at radius 1 is 1.35 bits per heavy atom. The van der Waals surface area contributed by atoms with Gasteiger partial charge < -0.3 is 9.64 Å². The molecule has 1 unspecified atom stereocenters. The Kier molecular flexibility index (Phi) is 6.19. The van der Waals surface area contributed by atoms with Crippen LogP contribution in [0.4, 0.5) is 0 Å². The molecule has 1 heterocycles. The number of methoxy groups -OCH3 is 1. The first-order valence-electron chi connectivity index (χ1n) is 6.43. The van der Waals surface area contributed by atoms with Crippen LogP contribution in [0.25, 0.3) is 0 Å². The van der Waals surface area contributed by atoms with Crippen molar-refractivity contribution >= 4 is 11.7 Å². The summed E-state index contributed by atoms with van der Waals surface area (Å²) in [6.07, 6.45) is 4.96. The average Bonchev–Trinajstić information content (AvgIpc) is 2.29. The molecule has 17 heavy (non-hydrogen) atoms. The molecule has 4 heteroatoms. The van der Waals surface area contributed by atoms with E-state index in [1.165, 1.54) is 0 Å². The first kappa shape index (κ1) is 14.2. The quantitative estimate of drug-likeness (QED) is 0.666. The molecule has 1 aliphatic rings. The summed E-state index contributed by atoms with van der Waals surface area (Å²) in [5.41, 5.74) is 0. The van der Waals surface area contributed by atoms with Crippen LogP contribution in [0.5, 0.6) is 0 Å². The van der Waals surface area contributed by atoms with Crippen molar-refractivity contribution in [3.05, 3.63) is 0 Å². The number of carbonyl (C=O) groups excluding carboxylic acids is 2. The Bertz CT molecular complexity index is 265. The van der Waals surface area contributed by atoms with Gasteiger partial charge in [-0.15, -0.1) is 0 Å². The minimum Gasteiger partial charge on any atom is -0.385 e. The van der Waals surface area contributed by atoms with Crippen molar-refractivity contribution in [2.75, 3.05) is 20.3 Å². The first-order valence-corrected chi connectivity index (χ1v) is 6.43. The summed E-state index contributed by atoms with van der Waals surface area (Å²) in [7, 11) is 1.64. The molecular formula is C13H23NO3. The van der Waals surface area contributed by atoms with Crippen LogP contribution in [-0.2, 0) is 14.3 Å². The zero-order valence-electron chi connectivity index (χ0n) is 10.9. The second-order valence-corrected chi connectivity index (χ2v) is 4.74. The van der Waals surface area contributed by atoms with Crippen molar-refractivity contribution in [2.45, 2.75) is 51.5 Å². The Morgan fingerprint density at radius 2 is 2.12 bits per heavy atom. The minimum absolute atomic E-state index is 0.135. The van der Waals surface area contributed by atoms with Gasteiger partial charge in [0.2, 0.25) is 5.91 Å². The molecule has 98 valence electrons. The highest BCUT2D eigenvalue weighted by Gasteiger charge is 2.26. The molecule has 0 aromatic heterocycles. The van der Waals surface area contributed by atoms with E-state index >= 15 is 0 Å². The van der Waals surface area contributed by atoms with Crippen LogP contribution in [-0.4, -0.2) is 42.9 Å². The number of carbonyl (C=O) groups is 2. The van der Waals surface area contributed by atoms with Crippen LogP contribution in [0.1, 0.15) is 45.4 Å². The van der Waals surface area contributed by atoms with Gasteiger partial charge in [0.15, 0.2) is 0 Å². The molecule has 0 N–H and O–H groups in total.